The summed E-state index contributed by atoms with van der Waals surface area (Å²) in [6.07, 6.45) is 4.70. The molecule has 136 valence electrons. The van der Waals surface area contributed by atoms with Crippen LogP contribution in [0.2, 0.25) is 5.02 Å². The quantitative estimate of drug-likeness (QED) is 0.671. The molecule has 1 saturated carbocycles. The highest BCUT2D eigenvalue weighted by Crippen LogP contribution is 2.43. The van der Waals surface area contributed by atoms with Crippen molar-refractivity contribution >= 4 is 22.9 Å². The average Bonchev–Trinajstić information content (AvgIpc) is 3.31. The van der Waals surface area contributed by atoms with E-state index in [1.54, 1.807) is 7.11 Å². The first-order chi connectivity index (χ1) is 12.8. The van der Waals surface area contributed by atoms with Crippen LogP contribution in [0, 0.1) is 5.92 Å². The lowest BCUT2D eigenvalue weighted by Gasteiger charge is -2.29. The molecule has 26 heavy (non-hydrogen) atoms. The first kappa shape index (κ1) is 17.4. The van der Waals surface area contributed by atoms with E-state index < -0.39 is 0 Å². The normalized spacial score (nSPS) is 16.5. The molecule has 0 atom stereocenters. The van der Waals surface area contributed by atoms with Gasteiger partial charge in [0, 0.05) is 18.7 Å². The Kier molecular flexibility index (Phi) is 5.18. The van der Waals surface area contributed by atoms with Gasteiger partial charge in [-0.3, -0.25) is 0 Å². The Morgan fingerprint density at radius 2 is 1.96 bits per heavy atom. The van der Waals surface area contributed by atoms with Crippen molar-refractivity contribution in [3.8, 4) is 5.75 Å². The van der Waals surface area contributed by atoms with E-state index in [0.717, 1.165) is 46.6 Å². The number of rotatable bonds is 7. The zero-order chi connectivity index (χ0) is 17.9. The summed E-state index contributed by atoms with van der Waals surface area (Å²) < 4.78 is 11.2. The minimum Gasteiger partial charge on any atom is -0.495 e. The van der Waals surface area contributed by atoms with Gasteiger partial charge in [0.05, 0.1) is 31.0 Å². The van der Waals surface area contributed by atoms with Crippen molar-refractivity contribution in [1.82, 2.24) is 0 Å². The maximum absolute atomic E-state index is 6.92. The second kappa shape index (κ2) is 7.73. The number of halogens is 1. The second-order valence-electron chi connectivity index (χ2n) is 7.03. The molecule has 4 heteroatoms. The molecule has 2 aliphatic rings. The minimum atomic E-state index is 0.618. The van der Waals surface area contributed by atoms with Crippen molar-refractivity contribution in [2.45, 2.75) is 19.4 Å². The topological polar surface area (TPSA) is 21.7 Å². The fourth-order valence-electron chi connectivity index (χ4n) is 3.48. The SMILES string of the molecule is COc1ccc(C2=CCOC2)c(Cl)c1N(Cc1ccccc1)CC1CC1. The van der Waals surface area contributed by atoms with E-state index in [2.05, 4.69) is 41.3 Å². The van der Waals surface area contributed by atoms with Gasteiger partial charge in [0.1, 0.15) is 5.75 Å². The van der Waals surface area contributed by atoms with Gasteiger partial charge in [-0.25, -0.2) is 0 Å². The predicted molar refractivity (Wildman–Crippen MR) is 107 cm³/mol. The van der Waals surface area contributed by atoms with E-state index in [0.29, 0.717) is 13.2 Å². The Morgan fingerprint density at radius 3 is 2.62 bits per heavy atom. The van der Waals surface area contributed by atoms with Crippen LogP contribution in [0.4, 0.5) is 5.69 Å². The van der Waals surface area contributed by atoms with Gasteiger partial charge in [0.25, 0.3) is 0 Å². The van der Waals surface area contributed by atoms with Crippen LogP contribution in [0.3, 0.4) is 0 Å². The van der Waals surface area contributed by atoms with Gasteiger partial charge in [-0.05, 0) is 42.0 Å². The molecule has 3 nitrogen and oxygen atoms in total. The number of hydrogen-bond donors (Lipinski definition) is 0. The number of nitrogens with zero attached hydrogens (tertiary/aromatic N) is 1. The summed E-state index contributed by atoms with van der Waals surface area (Å²) in [5.74, 6) is 1.58. The molecule has 1 aliphatic heterocycles. The van der Waals surface area contributed by atoms with Gasteiger partial charge in [0.15, 0.2) is 0 Å². The highest BCUT2D eigenvalue weighted by atomic mass is 35.5. The van der Waals surface area contributed by atoms with Crippen LogP contribution in [0.15, 0.2) is 48.5 Å². The summed E-state index contributed by atoms with van der Waals surface area (Å²) in [6.45, 7) is 3.10. The van der Waals surface area contributed by atoms with E-state index in [-0.39, 0.29) is 0 Å². The van der Waals surface area contributed by atoms with Crippen molar-refractivity contribution in [2.24, 2.45) is 5.92 Å². The van der Waals surface area contributed by atoms with Crippen molar-refractivity contribution in [3.63, 3.8) is 0 Å². The fourth-order valence-corrected chi connectivity index (χ4v) is 3.88. The fraction of sp³-hybridized carbons (Fsp3) is 0.364. The third-order valence-electron chi connectivity index (χ3n) is 5.06. The Labute approximate surface area is 160 Å². The predicted octanol–water partition coefficient (Wildman–Crippen LogP) is 5.18. The Balaban J connectivity index is 1.74. The number of methoxy groups -OCH3 is 1. The van der Waals surface area contributed by atoms with E-state index >= 15 is 0 Å². The smallest absolute Gasteiger partial charge is 0.143 e. The molecular formula is C22H24ClNO2. The van der Waals surface area contributed by atoms with Gasteiger partial charge in [-0.15, -0.1) is 0 Å². The lowest BCUT2D eigenvalue weighted by atomic mass is 10.0. The van der Waals surface area contributed by atoms with Crippen LogP contribution >= 0.6 is 11.6 Å². The molecule has 0 saturated heterocycles. The third-order valence-corrected chi connectivity index (χ3v) is 5.44. The first-order valence-corrected chi connectivity index (χ1v) is 9.56. The van der Waals surface area contributed by atoms with Crippen molar-refractivity contribution in [1.29, 1.82) is 0 Å². The second-order valence-corrected chi connectivity index (χ2v) is 7.41. The maximum atomic E-state index is 6.92. The molecule has 0 radical (unpaired) electrons. The molecule has 0 amide bonds. The number of ether oxygens (including phenoxy) is 2. The van der Waals surface area contributed by atoms with Gasteiger partial charge in [0.2, 0.25) is 0 Å². The Hall–Kier alpha value is -1.97. The van der Waals surface area contributed by atoms with Crippen molar-refractivity contribution in [2.75, 3.05) is 31.8 Å². The molecule has 1 fully saturated rings. The van der Waals surface area contributed by atoms with Crippen LogP contribution in [-0.4, -0.2) is 26.9 Å². The van der Waals surface area contributed by atoms with Crippen LogP contribution in [-0.2, 0) is 11.3 Å². The molecule has 0 unspecified atom stereocenters. The van der Waals surface area contributed by atoms with Crippen LogP contribution in [0.1, 0.15) is 24.0 Å². The molecule has 0 aromatic heterocycles. The largest absolute Gasteiger partial charge is 0.495 e. The summed E-state index contributed by atoms with van der Waals surface area (Å²) >= 11 is 6.92. The number of benzene rings is 2. The lowest BCUT2D eigenvalue weighted by Crippen LogP contribution is -2.26. The highest BCUT2D eigenvalue weighted by molar-refractivity contribution is 6.35. The standard InChI is InChI=1S/C22H24ClNO2/c1-25-20-10-9-19(18-11-12-26-15-18)21(23)22(20)24(14-17-7-8-17)13-16-5-3-2-4-6-16/h2-6,9-11,17H,7-8,12-15H2,1H3. The van der Waals surface area contributed by atoms with E-state index in [4.69, 9.17) is 21.1 Å². The summed E-state index contributed by atoms with van der Waals surface area (Å²) in [5.41, 5.74) is 4.48. The summed E-state index contributed by atoms with van der Waals surface area (Å²) in [6, 6.07) is 14.6. The molecule has 2 aromatic carbocycles. The molecule has 0 spiro atoms. The van der Waals surface area contributed by atoms with Crippen LogP contribution in [0.25, 0.3) is 5.57 Å². The zero-order valence-electron chi connectivity index (χ0n) is 15.1. The minimum absolute atomic E-state index is 0.618. The monoisotopic (exact) mass is 369 g/mol. The number of anilines is 1. The average molecular weight is 370 g/mol. The zero-order valence-corrected chi connectivity index (χ0v) is 15.8. The molecule has 4 rings (SSSR count). The molecule has 1 aliphatic carbocycles. The van der Waals surface area contributed by atoms with Crippen molar-refractivity contribution in [3.05, 3.63) is 64.7 Å². The summed E-state index contributed by atoms with van der Waals surface area (Å²) in [4.78, 5) is 2.38. The van der Waals surface area contributed by atoms with E-state index in [9.17, 15) is 0 Å². The molecule has 2 aromatic rings. The van der Waals surface area contributed by atoms with Gasteiger partial charge < -0.3 is 14.4 Å². The molecule has 0 N–H and O–H groups in total. The highest BCUT2D eigenvalue weighted by Gasteiger charge is 2.28. The molecular weight excluding hydrogens is 346 g/mol. The van der Waals surface area contributed by atoms with Gasteiger partial charge in [-0.1, -0.05) is 48.0 Å². The maximum Gasteiger partial charge on any atom is 0.143 e. The van der Waals surface area contributed by atoms with Crippen molar-refractivity contribution < 1.29 is 9.47 Å². The van der Waals surface area contributed by atoms with E-state index in [1.807, 2.05) is 12.1 Å². The molecule has 0 bridgehead atoms. The number of hydrogen-bond acceptors (Lipinski definition) is 3. The Morgan fingerprint density at radius 1 is 1.15 bits per heavy atom. The lowest BCUT2D eigenvalue weighted by molar-refractivity contribution is 0.216. The molecule has 1 heterocycles. The summed E-state index contributed by atoms with van der Waals surface area (Å²) in [7, 11) is 1.71. The first-order valence-electron chi connectivity index (χ1n) is 9.18. The van der Waals surface area contributed by atoms with Crippen LogP contribution in [0.5, 0.6) is 5.75 Å². The van der Waals surface area contributed by atoms with Gasteiger partial charge in [-0.2, -0.15) is 0 Å². The summed E-state index contributed by atoms with van der Waals surface area (Å²) in [5, 5.41) is 0.762. The van der Waals surface area contributed by atoms with Gasteiger partial charge >= 0.3 is 0 Å². The Bertz CT molecular complexity index is 799. The van der Waals surface area contributed by atoms with E-state index in [1.165, 1.54) is 18.4 Å². The third kappa shape index (κ3) is 3.74. The van der Waals surface area contributed by atoms with Crippen LogP contribution < -0.4 is 9.64 Å².